The van der Waals surface area contributed by atoms with Crippen molar-refractivity contribution in [3.8, 4) is 11.5 Å². The molecule has 220 valence electrons. The van der Waals surface area contributed by atoms with E-state index >= 15 is 0 Å². The summed E-state index contributed by atoms with van der Waals surface area (Å²) in [6.07, 6.45) is 2.41. The van der Waals surface area contributed by atoms with Crippen LogP contribution in [0.3, 0.4) is 0 Å². The molecule has 2 amide bonds. The van der Waals surface area contributed by atoms with Crippen LogP contribution >= 0.6 is 45.8 Å². The first kappa shape index (κ1) is 31.6. The lowest BCUT2D eigenvalue weighted by Gasteiger charge is -2.43. The van der Waals surface area contributed by atoms with E-state index in [1.54, 1.807) is 29.2 Å². The van der Waals surface area contributed by atoms with E-state index in [0.717, 1.165) is 19.3 Å². The quantitative estimate of drug-likeness (QED) is 0.236. The fraction of sp³-hybridized carbons (Fsp3) is 0.414. The number of hydrogen-bond acceptors (Lipinski definition) is 7. The van der Waals surface area contributed by atoms with E-state index in [9.17, 15) is 24.6 Å². The first-order valence-corrected chi connectivity index (χ1v) is 15.0. The minimum absolute atomic E-state index is 0.0406. The van der Waals surface area contributed by atoms with Crippen LogP contribution in [0.25, 0.3) is 0 Å². The number of methoxy groups -OCH3 is 1. The van der Waals surface area contributed by atoms with Gasteiger partial charge >= 0.3 is 0 Å². The molecule has 0 aliphatic heterocycles. The van der Waals surface area contributed by atoms with Crippen LogP contribution in [0, 0.1) is 9.49 Å². The summed E-state index contributed by atoms with van der Waals surface area (Å²) in [5.41, 5.74) is 1.33. The summed E-state index contributed by atoms with van der Waals surface area (Å²) in [4.78, 5) is 39.8. The van der Waals surface area contributed by atoms with Crippen LogP contribution in [-0.2, 0) is 16.1 Å². The molecule has 2 aliphatic carbocycles. The number of hydrogen-bond donors (Lipinski definition) is 3. The third-order valence-corrected chi connectivity index (χ3v) is 8.74. The summed E-state index contributed by atoms with van der Waals surface area (Å²) in [6.45, 7) is -0.107. The Bertz CT molecular complexity index is 1330. The molecule has 4 rings (SSSR count). The van der Waals surface area contributed by atoms with Gasteiger partial charge < -0.3 is 29.9 Å². The molecule has 9 nitrogen and oxygen atoms in total. The van der Waals surface area contributed by atoms with Crippen molar-refractivity contribution in [2.45, 2.75) is 50.5 Å². The standard InChI is InChI=1S/C29H31Cl2IN2O7/c1-40-25-10-16(15-36)9-22(32)27(25)41-24-12-19(28(38)33-7-8-35)11-23(26(24)37)34(29(39)17-3-2-4-17)14-18-5-6-20(30)13-21(18)31/h5-6,9-10,12-13,15,17,23-24,26,35,37H,2-4,7-8,11,14H2,1H3,(H,33,38)/t23-,24+,26+/m1/s1. The lowest BCUT2D eigenvalue weighted by atomic mass is 9.82. The van der Waals surface area contributed by atoms with Crippen molar-refractivity contribution >= 4 is 63.9 Å². The zero-order valence-corrected chi connectivity index (χ0v) is 26.0. The molecule has 0 radical (unpaired) electrons. The Hall–Kier alpha value is -2.38. The van der Waals surface area contributed by atoms with E-state index in [4.69, 9.17) is 32.7 Å². The second kappa shape index (κ2) is 14.2. The maximum atomic E-state index is 13.8. The third-order valence-electron chi connectivity index (χ3n) is 7.35. The van der Waals surface area contributed by atoms with Gasteiger partial charge in [-0.2, -0.15) is 0 Å². The van der Waals surface area contributed by atoms with E-state index in [-0.39, 0.29) is 49.4 Å². The number of rotatable bonds is 11. The Morgan fingerprint density at radius 2 is 1.98 bits per heavy atom. The molecule has 1 fully saturated rings. The van der Waals surface area contributed by atoms with Crippen LogP contribution < -0.4 is 14.8 Å². The minimum atomic E-state index is -1.23. The Kier molecular flexibility index (Phi) is 10.9. The smallest absolute Gasteiger partial charge is 0.247 e. The van der Waals surface area contributed by atoms with Gasteiger partial charge in [-0.3, -0.25) is 14.4 Å². The molecule has 0 unspecified atom stereocenters. The summed E-state index contributed by atoms with van der Waals surface area (Å²) in [5, 5.41) is 24.4. The van der Waals surface area contributed by atoms with Gasteiger partial charge in [0.05, 0.1) is 23.3 Å². The van der Waals surface area contributed by atoms with Crippen molar-refractivity contribution in [3.63, 3.8) is 0 Å². The lowest BCUT2D eigenvalue weighted by molar-refractivity contribution is -0.146. The first-order chi connectivity index (χ1) is 19.7. The molecule has 0 spiro atoms. The van der Waals surface area contributed by atoms with E-state index in [2.05, 4.69) is 5.32 Å². The number of ether oxygens (including phenoxy) is 2. The van der Waals surface area contributed by atoms with Crippen LogP contribution in [0.2, 0.25) is 10.0 Å². The van der Waals surface area contributed by atoms with Crippen LogP contribution in [0.4, 0.5) is 0 Å². The van der Waals surface area contributed by atoms with Crippen LogP contribution in [-0.4, -0.2) is 71.7 Å². The lowest BCUT2D eigenvalue weighted by Crippen LogP contribution is -2.56. The van der Waals surface area contributed by atoms with Gasteiger partial charge in [-0.25, -0.2) is 0 Å². The van der Waals surface area contributed by atoms with Crippen molar-refractivity contribution in [1.29, 1.82) is 0 Å². The second-order valence-corrected chi connectivity index (χ2v) is 12.0. The molecule has 2 aromatic carbocycles. The molecule has 0 bridgehead atoms. The van der Waals surface area contributed by atoms with Gasteiger partial charge in [0.1, 0.15) is 18.5 Å². The summed E-state index contributed by atoms with van der Waals surface area (Å²) in [7, 11) is 1.44. The molecule has 2 aliphatic rings. The summed E-state index contributed by atoms with van der Waals surface area (Å²) in [5.74, 6) is -0.203. The van der Waals surface area contributed by atoms with Gasteiger partial charge in [0.2, 0.25) is 11.8 Å². The molecular weight excluding hydrogens is 686 g/mol. The number of amides is 2. The zero-order valence-electron chi connectivity index (χ0n) is 22.3. The van der Waals surface area contributed by atoms with E-state index in [1.807, 2.05) is 22.6 Å². The Morgan fingerprint density at radius 1 is 1.22 bits per heavy atom. The van der Waals surface area contributed by atoms with Gasteiger partial charge in [0.25, 0.3) is 0 Å². The average Bonchev–Trinajstić information content (AvgIpc) is 2.92. The number of nitrogens with zero attached hydrogens (tertiary/aromatic N) is 1. The largest absolute Gasteiger partial charge is 0.493 e. The minimum Gasteiger partial charge on any atom is -0.493 e. The molecule has 41 heavy (non-hydrogen) atoms. The highest BCUT2D eigenvalue weighted by molar-refractivity contribution is 14.1. The van der Waals surface area contributed by atoms with E-state index < -0.39 is 24.2 Å². The van der Waals surface area contributed by atoms with Crippen LogP contribution in [0.15, 0.2) is 42.0 Å². The molecule has 0 saturated heterocycles. The monoisotopic (exact) mass is 716 g/mol. The van der Waals surface area contributed by atoms with E-state index in [1.165, 1.54) is 19.3 Å². The molecular formula is C29H31Cl2IN2O7. The van der Waals surface area contributed by atoms with Crippen LogP contribution in [0.1, 0.15) is 41.6 Å². The number of carbonyl (C=O) groups is 3. The van der Waals surface area contributed by atoms with Crippen molar-refractivity contribution in [2.24, 2.45) is 5.92 Å². The van der Waals surface area contributed by atoms with E-state index in [0.29, 0.717) is 36.6 Å². The molecule has 0 heterocycles. The van der Waals surface area contributed by atoms with Crippen molar-refractivity contribution in [1.82, 2.24) is 10.2 Å². The van der Waals surface area contributed by atoms with Gasteiger partial charge in [0.15, 0.2) is 11.5 Å². The fourth-order valence-corrected chi connectivity index (χ4v) is 6.14. The maximum Gasteiger partial charge on any atom is 0.247 e. The Labute approximate surface area is 261 Å². The molecule has 12 heteroatoms. The number of aldehydes is 1. The van der Waals surface area contributed by atoms with Crippen LogP contribution in [0.5, 0.6) is 11.5 Å². The Balaban J connectivity index is 1.74. The maximum absolute atomic E-state index is 13.8. The number of aliphatic hydroxyl groups excluding tert-OH is 2. The molecule has 2 aromatic rings. The topological polar surface area (TPSA) is 125 Å². The average molecular weight is 717 g/mol. The highest BCUT2D eigenvalue weighted by Gasteiger charge is 2.43. The zero-order chi connectivity index (χ0) is 29.7. The predicted molar refractivity (Wildman–Crippen MR) is 162 cm³/mol. The number of aliphatic hydroxyl groups is 2. The number of halogens is 3. The number of nitrogens with one attached hydrogen (secondary N) is 1. The van der Waals surface area contributed by atoms with Crippen molar-refractivity contribution < 1.29 is 34.1 Å². The van der Waals surface area contributed by atoms with Crippen molar-refractivity contribution in [2.75, 3.05) is 20.3 Å². The highest BCUT2D eigenvalue weighted by atomic mass is 127. The third kappa shape index (κ3) is 7.34. The molecule has 1 saturated carbocycles. The van der Waals surface area contributed by atoms with Gasteiger partial charge in [-0.15, -0.1) is 0 Å². The highest BCUT2D eigenvalue weighted by Crippen LogP contribution is 2.38. The molecule has 3 atom stereocenters. The molecule has 3 N–H and O–H groups in total. The number of carbonyl (C=O) groups excluding carboxylic acids is 3. The van der Waals surface area contributed by atoms with Gasteiger partial charge in [-0.1, -0.05) is 35.7 Å². The fourth-order valence-electron chi connectivity index (χ4n) is 4.92. The first-order valence-electron chi connectivity index (χ1n) is 13.2. The second-order valence-electron chi connectivity index (χ2n) is 10.00. The van der Waals surface area contributed by atoms with Crippen molar-refractivity contribution in [3.05, 3.63) is 66.7 Å². The summed E-state index contributed by atoms with van der Waals surface area (Å²) < 4.78 is 12.3. The normalized spacial score (nSPS) is 20.4. The molecule has 0 aromatic heterocycles. The SMILES string of the molecule is COc1cc(C=O)cc(I)c1O[C@H]1C=C(C(=O)NCCO)C[C@@H](N(Cc2ccc(Cl)cc2Cl)C(=O)C2CCC2)[C@@H]1O. The number of benzene rings is 2. The Morgan fingerprint density at radius 3 is 2.59 bits per heavy atom. The van der Waals surface area contributed by atoms with Gasteiger partial charge in [0, 0.05) is 46.6 Å². The summed E-state index contributed by atoms with van der Waals surface area (Å²) >= 11 is 14.6. The van der Waals surface area contributed by atoms with Gasteiger partial charge in [-0.05, 0) is 71.3 Å². The predicted octanol–water partition coefficient (Wildman–Crippen LogP) is 4.16. The summed E-state index contributed by atoms with van der Waals surface area (Å²) in [6, 6.07) is 7.32.